The van der Waals surface area contributed by atoms with Crippen molar-refractivity contribution >= 4 is 35.0 Å². The zero-order valence-corrected chi connectivity index (χ0v) is 21.0. The molecular formula is C26H28N2O6S. The summed E-state index contributed by atoms with van der Waals surface area (Å²) >= 11 is 1.38. The molecule has 0 heterocycles. The van der Waals surface area contributed by atoms with Crippen molar-refractivity contribution in [3.63, 3.8) is 0 Å². The van der Waals surface area contributed by atoms with Gasteiger partial charge >= 0.3 is 0 Å². The van der Waals surface area contributed by atoms with Gasteiger partial charge in [-0.2, -0.15) is 0 Å². The van der Waals surface area contributed by atoms with Gasteiger partial charge in [0.2, 0.25) is 5.91 Å². The molecular weight excluding hydrogens is 468 g/mol. The van der Waals surface area contributed by atoms with Gasteiger partial charge in [-0.1, -0.05) is 6.07 Å². The van der Waals surface area contributed by atoms with E-state index in [4.69, 9.17) is 18.9 Å². The minimum atomic E-state index is -0.399. The van der Waals surface area contributed by atoms with Crippen LogP contribution in [0.25, 0.3) is 0 Å². The Kier molecular flexibility index (Phi) is 8.86. The minimum Gasteiger partial charge on any atom is -0.497 e. The van der Waals surface area contributed by atoms with Gasteiger partial charge in [-0.25, -0.2) is 0 Å². The van der Waals surface area contributed by atoms with E-state index in [-0.39, 0.29) is 11.8 Å². The van der Waals surface area contributed by atoms with Crippen LogP contribution in [0.2, 0.25) is 0 Å². The number of amides is 2. The average molecular weight is 497 g/mol. The lowest BCUT2D eigenvalue weighted by atomic mass is 10.2. The lowest BCUT2D eigenvalue weighted by molar-refractivity contribution is -0.115. The second-order valence-corrected chi connectivity index (χ2v) is 8.82. The topological polar surface area (TPSA) is 95.1 Å². The first-order chi connectivity index (χ1) is 16.9. The Bertz CT molecular complexity index is 1180. The third-order valence-corrected chi connectivity index (χ3v) is 6.13. The molecule has 0 aliphatic carbocycles. The van der Waals surface area contributed by atoms with Crippen LogP contribution in [-0.4, -0.2) is 45.5 Å². The summed E-state index contributed by atoms with van der Waals surface area (Å²) in [6.45, 7) is 1.81. The van der Waals surface area contributed by atoms with E-state index >= 15 is 0 Å². The van der Waals surface area contributed by atoms with Crippen LogP contribution in [0.4, 0.5) is 11.4 Å². The molecule has 8 nitrogen and oxygen atoms in total. The van der Waals surface area contributed by atoms with Crippen LogP contribution < -0.4 is 29.6 Å². The fourth-order valence-corrected chi connectivity index (χ4v) is 4.14. The van der Waals surface area contributed by atoms with Crippen molar-refractivity contribution in [2.24, 2.45) is 0 Å². The van der Waals surface area contributed by atoms with Crippen molar-refractivity contribution < 1.29 is 28.5 Å². The Morgan fingerprint density at radius 3 is 2.06 bits per heavy atom. The number of nitrogens with one attached hydrogen (secondary N) is 2. The standard InChI is InChI=1S/C26H28N2O6S/c1-16(25(29)28-19-12-20(31-2)15-21(13-19)32-3)35-22-8-6-7-18(14-22)27-26(30)17-9-10-23(33-4)24(11-17)34-5/h6-16H,1-5H3,(H,27,30)(H,28,29). The summed E-state index contributed by atoms with van der Waals surface area (Å²) in [5.74, 6) is 1.71. The Hall–Kier alpha value is -3.85. The molecule has 1 unspecified atom stereocenters. The van der Waals surface area contributed by atoms with E-state index in [0.29, 0.717) is 39.9 Å². The van der Waals surface area contributed by atoms with Gasteiger partial charge in [-0.15, -0.1) is 11.8 Å². The van der Waals surface area contributed by atoms with Crippen LogP contribution in [0.3, 0.4) is 0 Å². The van der Waals surface area contributed by atoms with Gasteiger partial charge in [0.25, 0.3) is 5.91 Å². The summed E-state index contributed by atoms with van der Waals surface area (Å²) < 4.78 is 21.0. The molecule has 2 N–H and O–H groups in total. The van der Waals surface area contributed by atoms with Crippen molar-refractivity contribution in [3.8, 4) is 23.0 Å². The van der Waals surface area contributed by atoms with E-state index in [1.807, 2.05) is 25.1 Å². The summed E-state index contributed by atoms with van der Waals surface area (Å²) in [5, 5.41) is 5.37. The molecule has 0 saturated heterocycles. The van der Waals surface area contributed by atoms with Crippen molar-refractivity contribution in [2.45, 2.75) is 17.1 Å². The lowest BCUT2D eigenvalue weighted by Gasteiger charge is -2.14. The Morgan fingerprint density at radius 1 is 0.743 bits per heavy atom. The number of ether oxygens (including phenoxy) is 4. The molecule has 0 bridgehead atoms. The SMILES string of the molecule is COc1cc(NC(=O)C(C)Sc2cccc(NC(=O)c3ccc(OC)c(OC)c3)c2)cc(OC)c1. The largest absolute Gasteiger partial charge is 0.497 e. The maximum absolute atomic E-state index is 12.8. The molecule has 1 atom stereocenters. The molecule has 0 aliphatic heterocycles. The van der Waals surface area contributed by atoms with E-state index in [0.717, 1.165) is 4.90 Å². The zero-order valence-electron chi connectivity index (χ0n) is 20.2. The van der Waals surface area contributed by atoms with Gasteiger partial charge in [0.1, 0.15) is 11.5 Å². The number of rotatable bonds is 10. The number of thioether (sulfide) groups is 1. The third-order valence-electron chi connectivity index (χ3n) is 5.04. The molecule has 3 aromatic carbocycles. The number of hydrogen-bond donors (Lipinski definition) is 2. The van der Waals surface area contributed by atoms with E-state index in [1.54, 1.807) is 56.7 Å². The molecule has 2 amide bonds. The van der Waals surface area contributed by atoms with Crippen molar-refractivity contribution in [1.29, 1.82) is 0 Å². The van der Waals surface area contributed by atoms with Crippen LogP contribution in [0.15, 0.2) is 65.6 Å². The highest BCUT2D eigenvalue weighted by Gasteiger charge is 2.17. The highest BCUT2D eigenvalue weighted by molar-refractivity contribution is 8.00. The number of benzene rings is 3. The fourth-order valence-electron chi connectivity index (χ4n) is 3.21. The molecule has 0 saturated carbocycles. The maximum atomic E-state index is 12.8. The molecule has 0 spiro atoms. The number of hydrogen-bond acceptors (Lipinski definition) is 7. The van der Waals surface area contributed by atoms with E-state index in [2.05, 4.69) is 10.6 Å². The molecule has 184 valence electrons. The smallest absolute Gasteiger partial charge is 0.255 e. The molecule has 0 fully saturated rings. The van der Waals surface area contributed by atoms with Crippen LogP contribution in [-0.2, 0) is 4.79 Å². The first kappa shape index (κ1) is 25.8. The lowest BCUT2D eigenvalue weighted by Crippen LogP contribution is -2.22. The maximum Gasteiger partial charge on any atom is 0.255 e. The van der Waals surface area contributed by atoms with Crippen molar-refractivity contribution in [3.05, 3.63) is 66.2 Å². The van der Waals surface area contributed by atoms with E-state index in [9.17, 15) is 9.59 Å². The number of methoxy groups -OCH3 is 4. The highest BCUT2D eigenvalue weighted by Crippen LogP contribution is 2.30. The Labute approximate surface area is 208 Å². The van der Waals surface area contributed by atoms with Gasteiger partial charge in [0, 0.05) is 40.0 Å². The first-order valence-electron chi connectivity index (χ1n) is 10.7. The minimum absolute atomic E-state index is 0.176. The van der Waals surface area contributed by atoms with Gasteiger partial charge < -0.3 is 29.6 Å². The van der Waals surface area contributed by atoms with Crippen LogP contribution in [0.5, 0.6) is 23.0 Å². The summed E-state index contributed by atoms with van der Waals surface area (Å²) in [5.41, 5.74) is 1.62. The highest BCUT2D eigenvalue weighted by atomic mass is 32.2. The molecule has 0 radical (unpaired) electrons. The first-order valence-corrected chi connectivity index (χ1v) is 11.6. The molecule has 3 aromatic rings. The average Bonchev–Trinajstić information content (AvgIpc) is 2.87. The number of carbonyl (C=O) groups is 2. The fraction of sp³-hybridized carbons (Fsp3) is 0.231. The quantitative estimate of drug-likeness (QED) is 0.378. The van der Waals surface area contributed by atoms with Crippen molar-refractivity contribution in [2.75, 3.05) is 39.1 Å². The second kappa shape index (κ2) is 12.0. The van der Waals surface area contributed by atoms with Crippen LogP contribution in [0, 0.1) is 0 Å². The normalized spacial score (nSPS) is 11.2. The van der Waals surface area contributed by atoms with Gasteiger partial charge in [-0.3, -0.25) is 9.59 Å². The Balaban J connectivity index is 1.65. The number of anilines is 2. The summed E-state index contributed by atoms with van der Waals surface area (Å²) in [6.07, 6.45) is 0. The Morgan fingerprint density at radius 2 is 1.43 bits per heavy atom. The van der Waals surface area contributed by atoms with Crippen LogP contribution in [0.1, 0.15) is 17.3 Å². The predicted molar refractivity (Wildman–Crippen MR) is 137 cm³/mol. The zero-order chi connectivity index (χ0) is 25.4. The van der Waals surface area contributed by atoms with Crippen LogP contribution >= 0.6 is 11.8 Å². The van der Waals surface area contributed by atoms with Gasteiger partial charge in [-0.05, 0) is 43.3 Å². The summed E-state index contributed by atoms with van der Waals surface area (Å²) in [6, 6.07) is 17.5. The second-order valence-electron chi connectivity index (χ2n) is 7.40. The predicted octanol–water partition coefficient (Wildman–Crippen LogP) is 5.09. The monoisotopic (exact) mass is 496 g/mol. The van der Waals surface area contributed by atoms with Gasteiger partial charge in [0.05, 0.1) is 33.7 Å². The van der Waals surface area contributed by atoms with Crippen molar-refractivity contribution in [1.82, 2.24) is 0 Å². The van der Waals surface area contributed by atoms with E-state index in [1.165, 1.54) is 26.0 Å². The summed E-state index contributed by atoms with van der Waals surface area (Å²) in [4.78, 5) is 26.3. The summed E-state index contributed by atoms with van der Waals surface area (Å²) in [7, 11) is 6.16. The number of carbonyl (C=O) groups excluding carboxylic acids is 2. The molecule has 0 aromatic heterocycles. The molecule has 9 heteroatoms. The van der Waals surface area contributed by atoms with E-state index < -0.39 is 5.25 Å². The third kappa shape index (κ3) is 6.83. The van der Waals surface area contributed by atoms with Gasteiger partial charge in [0.15, 0.2) is 11.5 Å². The molecule has 3 rings (SSSR count). The molecule has 35 heavy (non-hydrogen) atoms. The molecule has 0 aliphatic rings.